The molecule has 3 heteroatoms. The molecule has 23 heavy (non-hydrogen) atoms. The number of nitro benzene ring substituents is 1. The number of hydrogen-bond donors (Lipinski definition) is 0. The molecule has 3 rings (SSSR count). The lowest BCUT2D eigenvalue weighted by atomic mass is 10.0. The van der Waals surface area contributed by atoms with Crippen LogP contribution in [0.4, 0.5) is 5.69 Å². The van der Waals surface area contributed by atoms with Gasteiger partial charge in [0.05, 0.1) is 4.92 Å². The molecular weight excluding hydrogens is 286 g/mol. The Balaban J connectivity index is 1.79. The molecular formula is C20H13NO2. The second-order valence-electron chi connectivity index (χ2n) is 5.00. The molecule has 0 amide bonds. The highest BCUT2D eigenvalue weighted by atomic mass is 16.6. The number of rotatable bonds is 2. The Bertz CT molecular complexity index is 871. The number of hydrogen-bond acceptors (Lipinski definition) is 2. The van der Waals surface area contributed by atoms with Crippen molar-refractivity contribution in [3.8, 4) is 23.0 Å². The van der Waals surface area contributed by atoms with Crippen molar-refractivity contribution in [2.45, 2.75) is 0 Å². The molecule has 0 unspecified atom stereocenters. The Hall–Kier alpha value is -3.38. The summed E-state index contributed by atoms with van der Waals surface area (Å²) in [7, 11) is 0. The van der Waals surface area contributed by atoms with E-state index in [1.165, 1.54) is 12.1 Å². The number of non-ortho nitro benzene ring substituents is 1. The van der Waals surface area contributed by atoms with E-state index < -0.39 is 4.92 Å². The second kappa shape index (κ2) is 6.59. The summed E-state index contributed by atoms with van der Waals surface area (Å²) in [5.74, 6) is 6.24. The van der Waals surface area contributed by atoms with Crippen LogP contribution >= 0.6 is 0 Å². The van der Waals surface area contributed by atoms with Crippen molar-refractivity contribution in [1.82, 2.24) is 0 Å². The smallest absolute Gasteiger partial charge is 0.258 e. The van der Waals surface area contributed by atoms with Crippen LogP contribution in [0.5, 0.6) is 0 Å². The third kappa shape index (κ3) is 3.63. The lowest BCUT2D eigenvalue weighted by molar-refractivity contribution is -0.384. The van der Waals surface area contributed by atoms with Gasteiger partial charge in [0.2, 0.25) is 0 Å². The van der Waals surface area contributed by atoms with E-state index in [1.807, 2.05) is 54.6 Å². The van der Waals surface area contributed by atoms with Crippen LogP contribution in [-0.2, 0) is 0 Å². The van der Waals surface area contributed by atoms with Gasteiger partial charge >= 0.3 is 0 Å². The minimum Gasteiger partial charge on any atom is -0.258 e. The van der Waals surface area contributed by atoms with E-state index in [1.54, 1.807) is 12.1 Å². The van der Waals surface area contributed by atoms with E-state index in [4.69, 9.17) is 0 Å². The Morgan fingerprint density at radius 1 is 0.652 bits per heavy atom. The summed E-state index contributed by atoms with van der Waals surface area (Å²) >= 11 is 0. The van der Waals surface area contributed by atoms with Crippen LogP contribution in [0.2, 0.25) is 0 Å². The van der Waals surface area contributed by atoms with E-state index in [0.717, 1.165) is 22.3 Å². The lowest BCUT2D eigenvalue weighted by Crippen LogP contribution is -1.87. The molecule has 0 radical (unpaired) electrons. The van der Waals surface area contributed by atoms with Gasteiger partial charge in [0.1, 0.15) is 0 Å². The molecule has 0 heterocycles. The van der Waals surface area contributed by atoms with Gasteiger partial charge in [-0.3, -0.25) is 10.1 Å². The van der Waals surface area contributed by atoms with Gasteiger partial charge in [-0.05, 0) is 47.5 Å². The van der Waals surface area contributed by atoms with E-state index in [0.29, 0.717) is 0 Å². The standard InChI is InChI=1S/C20H13NO2/c22-21(23)20-14-12-19(13-15-20)18-10-8-17(9-11-18)7-6-16-4-2-1-3-5-16/h1-5,8-15H. The summed E-state index contributed by atoms with van der Waals surface area (Å²) in [4.78, 5) is 10.3. The molecule has 3 aromatic rings. The highest BCUT2D eigenvalue weighted by Gasteiger charge is 2.04. The SMILES string of the molecule is O=[N+]([O-])c1ccc(-c2ccc(C#Cc3ccccc3)cc2)cc1. The molecule has 110 valence electrons. The van der Waals surface area contributed by atoms with Crippen LogP contribution in [0.3, 0.4) is 0 Å². The molecule has 0 spiro atoms. The first-order valence-corrected chi connectivity index (χ1v) is 7.14. The molecule has 0 N–H and O–H groups in total. The van der Waals surface area contributed by atoms with Crippen LogP contribution < -0.4 is 0 Å². The molecule has 0 aliphatic heterocycles. The van der Waals surface area contributed by atoms with Gasteiger partial charge in [0.25, 0.3) is 5.69 Å². The van der Waals surface area contributed by atoms with Gasteiger partial charge in [-0.2, -0.15) is 0 Å². The molecule has 0 aromatic heterocycles. The van der Waals surface area contributed by atoms with Crippen LogP contribution in [0, 0.1) is 22.0 Å². The van der Waals surface area contributed by atoms with Crippen LogP contribution in [-0.4, -0.2) is 4.92 Å². The summed E-state index contributed by atoms with van der Waals surface area (Å²) in [5, 5.41) is 10.7. The minimum atomic E-state index is -0.397. The third-order valence-electron chi connectivity index (χ3n) is 3.42. The highest BCUT2D eigenvalue weighted by molar-refractivity contribution is 5.65. The quantitative estimate of drug-likeness (QED) is 0.392. The van der Waals surface area contributed by atoms with Gasteiger partial charge < -0.3 is 0 Å². The maximum atomic E-state index is 10.7. The molecule has 0 bridgehead atoms. The molecule has 0 aliphatic carbocycles. The Morgan fingerprint density at radius 3 is 1.65 bits per heavy atom. The van der Waals surface area contributed by atoms with E-state index in [9.17, 15) is 10.1 Å². The molecule has 0 fully saturated rings. The van der Waals surface area contributed by atoms with Gasteiger partial charge in [0, 0.05) is 23.3 Å². The van der Waals surface area contributed by atoms with Crippen molar-refractivity contribution in [3.63, 3.8) is 0 Å². The maximum absolute atomic E-state index is 10.7. The van der Waals surface area contributed by atoms with Crippen molar-refractivity contribution in [2.75, 3.05) is 0 Å². The summed E-state index contributed by atoms with van der Waals surface area (Å²) in [6.45, 7) is 0. The van der Waals surface area contributed by atoms with E-state index >= 15 is 0 Å². The number of nitrogens with zero attached hydrogens (tertiary/aromatic N) is 1. The average Bonchev–Trinajstić information content (AvgIpc) is 2.61. The van der Waals surface area contributed by atoms with Gasteiger partial charge in [-0.1, -0.05) is 42.2 Å². The summed E-state index contributed by atoms with van der Waals surface area (Å²) in [5.41, 5.74) is 3.95. The zero-order chi connectivity index (χ0) is 16.1. The van der Waals surface area contributed by atoms with Gasteiger partial charge in [0.15, 0.2) is 0 Å². The predicted octanol–water partition coefficient (Wildman–Crippen LogP) is 4.66. The zero-order valence-corrected chi connectivity index (χ0v) is 12.3. The fraction of sp³-hybridized carbons (Fsp3) is 0. The van der Waals surface area contributed by atoms with Crippen molar-refractivity contribution in [3.05, 3.63) is 100 Å². The Kier molecular flexibility index (Phi) is 4.17. The number of benzene rings is 3. The minimum absolute atomic E-state index is 0.0964. The van der Waals surface area contributed by atoms with E-state index in [-0.39, 0.29) is 5.69 Å². The molecule has 0 atom stereocenters. The first kappa shape index (κ1) is 14.6. The van der Waals surface area contributed by atoms with Crippen molar-refractivity contribution >= 4 is 5.69 Å². The number of nitro groups is 1. The molecule has 3 nitrogen and oxygen atoms in total. The van der Waals surface area contributed by atoms with Crippen LogP contribution in [0.1, 0.15) is 11.1 Å². The second-order valence-corrected chi connectivity index (χ2v) is 5.00. The van der Waals surface area contributed by atoms with Crippen LogP contribution in [0.25, 0.3) is 11.1 Å². The monoisotopic (exact) mass is 299 g/mol. The Morgan fingerprint density at radius 2 is 1.13 bits per heavy atom. The molecule has 0 aliphatic rings. The Labute approximate surface area is 134 Å². The van der Waals surface area contributed by atoms with E-state index in [2.05, 4.69) is 11.8 Å². The molecule has 0 saturated carbocycles. The average molecular weight is 299 g/mol. The zero-order valence-electron chi connectivity index (χ0n) is 12.3. The molecule has 3 aromatic carbocycles. The predicted molar refractivity (Wildman–Crippen MR) is 91.0 cm³/mol. The summed E-state index contributed by atoms with van der Waals surface area (Å²) in [6.07, 6.45) is 0. The molecule has 0 saturated heterocycles. The third-order valence-corrected chi connectivity index (χ3v) is 3.42. The van der Waals surface area contributed by atoms with Crippen molar-refractivity contribution < 1.29 is 4.92 Å². The first-order chi connectivity index (χ1) is 11.2. The van der Waals surface area contributed by atoms with Gasteiger partial charge in [-0.15, -0.1) is 0 Å². The fourth-order valence-electron chi connectivity index (χ4n) is 2.19. The van der Waals surface area contributed by atoms with Crippen molar-refractivity contribution in [1.29, 1.82) is 0 Å². The lowest BCUT2D eigenvalue weighted by Gasteiger charge is -2.01. The topological polar surface area (TPSA) is 43.1 Å². The summed E-state index contributed by atoms with van der Waals surface area (Å²) < 4.78 is 0. The maximum Gasteiger partial charge on any atom is 0.269 e. The largest absolute Gasteiger partial charge is 0.269 e. The van der Waals surface area contributed by atoms with Gasteiger partial charge in [-0.25, -0.2) is 0 Å². The first-order valence-electron chi connectivity index (χ1n) is 7.14. The normalized spacial score (nSPS) is 9.74. The van der Waals surface area contributed by atoms with Crippen molar-refractivity contribution in [2.24, 2.45) is 0 Å². The summed E-state index contributed by atoms with van der Waals surface area (Å²) in [6, 6.07) is 24.2. The van der Waals surface area contributed by atoms with Crippen LogP contribution in [0.15, 0.2) is 78.9 Å². The highest BCUT2D eigenvalue weighted by Crippen LogP contribution is 2.22. The fourth-order valence-corrected chi connectivity index (χ4v) is 2.19.